The van der Waals surface area contributed by atoms with E-state index in [1.54, 1.807) is 10.7 Å². The van der Waals surface area contributed by atoms with E-state index in [0.717, 1.165) is 5.56 Å². The molecule has 2 fully saturated rings. The Morgan fingerprint density at radius 1 is 0.980 bits per heavy atom. The van der Waals surface area contributed by atoms with Gasteiger partial charge in [0.25, 0.3) is 5.91 Å². The Labute approximate surface area is 284 Å². The molecule has 0 saturated carbocycles. The average Bonchev–Trinajstić information content (AvgIpc) is 3.64. The van der Waals surface area contributed by atoms with Crippen LogP contribution in [-0.2, 0) is 22.7 Å². The Morgan fingerprint density at radius 3 is 2.52 bits per heavy atom. The first-order chi connectivity index (χ1) is 24.2. The summed E-state index contributed by atoms with van der Waals surface area (Å²) in [6.45, 7) is 0.734. The number of likely N-dealkylation sites (tertiary alicyclic amines) is 1. The van der Waals surface area contributed by atoms with Crippen LogP contribution in [0.1, 0.15) is 46.8 Å². The Balaban J connectivity index is 0.987. The summed E-state index contributed by atoms with van der Waals surface area (Å²) in [5.41, 5.74) is 9.12. The van der Waals surface area contributed by atoms with E-state index in [4.69, 9.17) is 15.6 Å². The van der Waals surface area contributed by atoms with Crippen LogP contribution in [0.25, 0.3) is 22.3 Å². The normalized spacial score (nSPS) is 21.0. The van der Waals surface area contributed by atoms with Crippen molar-refractivity contribution in [3.05, 3.63) is 95.6 Å². The number of carbonyl (C=O) groups excluding carboxylic acids is 3. The third kappa shape index (κ3) is 5.70. The molecule has 3 aromatic carbocycles. The summed E-state index contributed by atoms with van der Waals surface area (Å²) in [4.78, 5) is 48.9. The Kier molecular flexibility index (Phi) is 7.94. The number of halogens is 2. The summed E-state index contributed by atoms with van der Waals surface area (Å²) in [6.07, 6.45) is 0.693. The van der Waals surface area contributed by atoms with Crippen LogP contribution in [0.4, 0.5) is 14.6 Å². The van der Waals surface area contributed by atoms with E-state index in [1.165, 1.54) is 17.3 Å². The van der Waals surface area contributed by atoms with Crippen molar-refractivity contribution < 1.29 is 27.9 Å². The topological polar surface area (TPSA) is 149 Å². The van der Waals surface area contributed by atoms with Gasteiger partial charge < -0.3 is 15.4 Å². The van der Waals surface area contributed by atoms with Crippen LogP contribution in [0.5, 0.6) is 11.5 Å². The maximum absolute atomic E-state index is 16.1. The molecule has 0 spiro atoms. The molecule has 254 valence electrons. The number of para-hydroxylation sites is 1. The second-order valence-electron chi connectivity index (χ2n) is 12.8. The number of benzene rings is 3. The fraction of sp³-hybridized carbons (Fsp3) is 0.278. The van der Waals surface area contributed by atoms with Gasteiger partial charge in [0.1, 0.15) is 47.4 Å². The molecule has 3 aliphatic rings. The largest absolute Gasteiger partial charge is 0.457 e. The fourth-order valence-electron chi connectivity index (χ4n) is 7.11. The van der Waals surface area contributed by atoms with Crippen molar-refractivity contribution in [2.24, 2.45) is 0 Å². The van der Waals surface area contributed by atoms with Crippen LogP contribution in [0.15, 0.2) is 73.1 Å². The highest BCUT2D eigenvalue weighted by Gasteiger charge is 2.40. The number of fused-ring (bicyclic) bond motifs is 2. The summed E-state index contributed by atoms with van der Waals surface area (Å²) < 4.78 is 38.9. The van der Waals surface area contributed by atoms with E-state index in [2.05, 4.69) is 15.3 Å². The number of rotatable bonds is 7. The van der Waals surface area contributed by atoms with Crippen molar-refractivity contribution >= 4 is 34.6 Å². The summed E-state index contributed by atoms with van der Waals surface area (Å²) in [6, 6.07) is 18.2. The molecule has 0 aliphatic carbocycles. The number of hydrogen-bond acceptors (Lipinski definition) is 9. The van der Waals surface area contributed by atoms with Crippen molar-refractivity contribution in [2.75, 3.05) is 18.8 Å². The van der Waals surface area contributed by atoms with E-state index >= 15 is 8.78 Å². The summed E-state index contributed by atoms with van der Waals surface area (Å²) in [5, 5.41) is 7.62. The number of alkyl halides is 1. The Bertz CT molecular complexity index is 2140. The van der Waals surface area contributed by atoms with Crippen molar-refractivity contribution in [2.45, 2.75) is 50.6 Å². The molecule has 2 aromatic heterocycles. The minimum absolute atomic E-state index is 0.0191. The van der Waals surface area contributed by atoms with Gasteiger partial charge in [-0.15, -0.1) is 0 Å². The number of nitrogens with one attached hydrogen (secondary N) is 1. The van der Waals surface area contributed by atoms with Crippen molar-refractivity contribution in [3.63, 3.8) is 0 Å². The first-order valence-corrected chi connectivity index (χ1v) is 16.4. The molecule has 50 heavy (non-hydrogen) atoms. The van der Waals surface area contributed by atoms with E-state index in [0.29, 0.717) is 52.3 Å². The maximum Gasteiger partial charge on any atom is 0.255 e. The number of piperidine rings is 2. The molecule has 3 aliphatic heterocycles. The van der Waals surface area contributed by atoms with Crippen molar-refractivity contribution in [3.8, 4) is 22.8 Å². The van der Waals surface area contributed by atoms with Crippen LogP contribution in [0, 0.1) is 5.82 Å². The van der Waals surface area contributed by atoms with Gasteiger partial charge in [-0.25, -0.2) is 23.4 Å². The van der Waals surface area contributed by atoms with Crippen LogP contribution >= 0.6 is 0 Å². The van der Waals surface area contributed by atoms with Gasteiger partial charge in [0.05, 0.1) is 11.4 Å². The minimum Gasteiger partial charge on any atom is -0.457 e. The lowest BCUT2D eigenvalue weighted by Gasteiger charge is -2.35. The minimum atomic E-state index is -1.36. The molecule has 12 nitrogen and oxygen atoms in total. The van der Waals surface area contributed by atoms with Crippen LogP contribution < -0.4 is 15.8 Å². The molecule has 0 bridgehead atoms. The first-order valence-electron chi connectivity index (χ1n) is 16.4. The molecule has 2 saturated heterocycles. The average molecular weight is 679 g/mol. The number of carbonyl (C=O) groups is 3. The lowest BCUT2D eigenvalue weighted by Crippen LogP contribution is -2.52. The number of ether oxygens (including phenoxy) is 1. The van der Waals surface area contributed by atoms with E-state index in [-0.39, 0.29) is 49.8 Å². The molecular weight excluding hydrogens is 646 g/mol. The Hall–Kier alpha value is -5.76. The number of aromatic nitrogens is 4. The van der Waals surface area contributed by atoms with E-state index in [9.17, 15) is 14.4 Å². The Morgan fingerprint density at radius 2 is 1.76 bits per heavy atom. The number of amides is 3. The number of nitrogens with zero attached hydrogens (tertiary/aromatic N) is 6. The maximum atomic E-state index is 16.1. The SMILES string of the molecule is Nc1ncnc2c1c(-c1ccc(Oc3ccccc3)cc1)nn2[C@H]1CCN(Cc2cc3c(cc2F)C(=O)N(C2CCC(=O)NC2=O)C3)C[C@@H]1F. The van der Waals surface area contributed by atoms with Gasteiger partial charge in [0, 0.05) is 49.3 Å². The molecule has 5 aromatic rings. The van der Waals surface area contributed by atoms with Gasteiger partial charge in [-0.05, 0) is 66.9 Å². The van der Waals surface area contributed by atoms with E-state index in [1.807, 2.05) is 59.5 Å². The molecule has 8 rings (SSSR count). The zero-order valence-electron chi connectivity index (χ0n) is 26.8. The number of nitrogens with two attached hydrogens (primary N) is 1. The predicted molar refractivity (Wildman–Crippen MR) is 178 cm³/mol. The zero-order valence-corrected chi connectivity index (χ0v) is 26.8. The molecule has 5 heterocycles. The second-order valence-corrected chi connectivity index (χ2v) is 12.8. The smallest absolute Gasteiger partial charge is 0.255 e. The summed E-state index contributed by atoms with van der Waals surface area (Å²) in [7, 11) is 0. The third-order valence-electron chi connectivity index (χ3n) is 9.61. The molecule has 14 heteroatoms. The lowest BCUT2D eigenvalue weighted by atomic mass is 10.0. The van der Waals surface area contributed by atoms with Crippen molar-refractivity contribution in [1.29, 1.82) is 0 Å². The molecule has 0 radical (unpaired) electrons. The number of anilines is 1. The van der Waals surface area contributed by atoms with Gasteiger partial charge in [-0.3, -0.25) is 24.6 Å². The van der Waals surface area contributed by atoms with Gasteiger partial charge >= 0.3 is 0 Å². The molecular formula is C36H32F2N8O4. The third-order valence-corrected chi connectivity index (χ3v) is 9.61. The van der Waals surface area contributed by atoms with Crippen LogP contribution in [0.3, 0.4) is 0 Å². The van der Waals surface area contributed by atoms with E-state index < -0.39 is 35.9 Å². The molecule has 1 unspecified atom stereocenters. The van der Waals surface area contributed by atoms with Gasteiger partial charge in [0.2, 0.25) is 11.8 Å². The van der Waals surface area contributed by atoms with Gasteiger partial charge in [-0.1, -0.05) is 18.2 Å². The zero-order chi connectivity index (χ0) is 34.5. The molecule has 3 N–H and O–H groups in total. The number of hydrogen-bond donors (Lipinski definition) is 2. The molecule has 3 atom stereocenters. The quantitative estimate of drug-likeness (QED) is 0.237. The second kappa shape index (κ2) is 12.6. The summed E-state index contributed by atoms with van der Waals surface area (Å²) >= 11 is 0. The van der Waals surface area contributed by atoms with Crippen molar-refractivity contribution in [1.82, 2.24) is 34.9 Å². The van der Waals surface area contributed by atoms with Gasteiger partial charge in [0.15, 0.2) is 5.65 Å². The highest BCUT2D eigenvalue weighted by Crippen LogP contribution is 2.37. The predicted octanol–water partition coefficient (Wildman–Crippen LogP) is 4.55. The van der Waals surface area contributed by atoms with Crippen LogP contribution in [-0.4, -0.2) is 72.6 Å². The highest BCUT2D eigenvalue weighted by atomic mass is 19.1. The standard InChI is InChI=1S/C36H32F2N8O4/c37-26-15-25-21(17-45(36(25)49)29-10-11-30(47)42-35(29)48)14-22(26)16-44-13-12-28(27(38)18-44)46-34-31(33(39)40-19-41-34)32(43-46)20-6-8-24(9-7-20)50-23-4-2-1-3-5-23/h1-9,14-15,19,27-29H,10-13,16-18H2,(H2,39,40,41)(H,42,47,48)/t27-,28-,29?/m0/s1. The number of nitrogen functional groups attached to an aromatic ring is 1. The van der Waals surface area contributed by atoms with Gasteiger partial charge in [-0.2, -0.15) is 5.10 Å². The van der Waals surface area contributed by atoms with Crippen LogP contribution in [0.2, 0.25) is 0 Å². The fourth-order valence-corrected chi connectivity index (χ4v) is 7.11. The molecule has 3 amide bonds. The number of imide groups is 1. The lowest BCUT2D eigenvalue weighted by molar-refractivity contribution is -0.136. The summed E-state index contributed by atoms with van der Waals surface area (Å²) in [5.74, 6) is -0.350. The highest BCUT2D eigenvalue weighted by molar-refractivity contribution is 6.05. The first kappa shape index (κ1) is 31.5. The monoisotopic (exact) mass is 678 g/mol.